The minimum absolute atomic E-state index is 0.0924. The fourth-order valence-electron chi connectivity index (χ4n) is 2.27. The Hall–Kier alpha value is -2.54. The van der Waals surface area contributed by atoms with Gasteiger partial charge in [0.25, 0.3) is 0 Å². The number of nitrogens with one attached hydrogen (secondary N) is 1. The molecule has 26 heavy (non-hydrogen) atoms. The van der Waals surface area contributed by atoms with Crippen molar-refractivity contribution in [3.8, 4) is 11.5 Å². The van der Waals surface area contributed by atoms with E-state index in [1.165, 1.54) is 0 Å². The molecule has 1 N–H and O–H groups in total. The summed E-state index contributed by atoms with van der Waals surface area (Å²) >= 11 is 0. The van der Waals surface area contributed by atoms with Gasteiger partial charge < -0.3 is 14.8 Å². The van der Waals surface area contributed by atoms with Crippen molar-refractivity contribution >= 4 is 15.7 Å². The Labute approximate surface area is 154 Å². The smallest absolute Gasteiger partial charge is 0.221 e. The predicted molar refractivity (Wildman–Crippen MR) is 99.3 cm³/mol. The van der Waals surface area contributed by atoms with Crippen LogP contribution in [0.25, 0.3) is 0 Å². The summed E-state index contributed by atoms with van der Waals surface area (Å²) in [6.45, 7) is 2.43. The number of carbonyl (C=O) groups excluding carboxylic acids is 1. The molecule has 7 heteroatoms. The van der Waals surface area contributed by atoms with Gasteiger partial charge in [-0.15, -0.1) is 0 Å². The number of methoxy groups -OCH3 is 1. The fourth-order valence-corrected chi connectivity index (χ4v) is 3.51. The zero-order chi connectivity index (χ0) is 19.0. The first kappa shape index (κ1) is 19.8. The monoisotopic (exact) mass is 377 g/mol. The highest BCUT2D eigenvalue weighted by molar-refractivity contribution is 7.91. The molecule has 1 amide bonds. The van der Waals surface area contributed by atoms with Crippen LogP contribution in [0.2, 0.25) is 0 Å². The van der Waals surface area contributed by atoms with E-state index >= 15 is 0 Å². The Bertz CT molecular complexity index is 831. The molecule has 0 atom stereocenters. The number of carbonyl (C=O) groups is 1. The number of hydrogen-bond acceptors (Lipinski definition) is 5. The summed E-state index contributed by atoms with van der Waals surface area (Å²) in [4.78, 5) is 12.1. The number of amides is 1. The van der Waals surface area contributed by atoms with E-state index in [9.17, 15) is 13.2 Å². The van der Waals surface area contributed by atoms with E-state index in [0.29, 0.717) is 11.5 Å². The van der Waals surface area contributed by atoms with E-state index in [0.717, 1.165) is 5.56 Å². The van der Waals surface area contributed by atoms with Gasteiger partial charge in [-0.1, -0.05) is 29.8 Å². The molecule has 6 nitrogen and oxygen atoms in total. The third-order valence-corrected chi connectivity index (χ3v) is 5.46. The van der Waals surface area contributed by atoms with Crippen LogP contribution in [0.4, 0.5) is 0 Å². The molecule has 0 aliphatic rings. The van der Waals surface area contributed by atoms with E-state index < -0.39 is 9.84 Å². The first-order valence-electron chi connectivity index (χ1n) is 8.24. The van der Waals surface area contributed by atoms with Crippen molar-refractivity contribution in [2.75, 3.05) is 26.0 Å². The maximum Gasteiger partial charge on any atom is 0.221 e. The number of rotatable bonds is 9. The van der Waals surface area contributed by atoms with E-state index in [1.54, 1.807) is 43.5 Å². The van der Waals surface area contributed by atoms with Gasteiger partial charge in [0.2, 0.25) is 5.91 Å². The van der Waals surface area contributed by atoms with Gasteiger partial charge in [0.05, 0.1) is 24.3 Å². The van der Waals surface area contributed by atoms with E-state index in [4.69, 9.17) is 9.47 Å². The Kier molecular flexibility index (Phi) is 7.03. The van der Waals surface area contributed by atoms with Crippen LogP contribution >= 0.6 is 0 Å². The molecule has 0 heterocycles. The molecule has 0 aliphatic heterocycles. The molecule has 0 spiro atoms. The highest BCUT2D eigenvalue weighted by Crippen LogP contribution is 2.25. The maximum absolute atomic E-state index is 12.2. The summed E-state index contributed by atoms with van der Waals surface area (Å²) in [5, 5.41) is 2.65. The van der Waals surface area contributed by atoms with Crippen LogP contribution in [0.1, 0.15) is 12.0 Å². The summed E-state index contributed by atoms with van der Waals surface area (Å²) in [6, 6.07) is 13.8. The minimum atomic E-state index is -3.46. The molecule has 0 bridgehead atoms. The van der Waals surface area contributed by atoms with Crippen LogP contribution in [-0.4, -0.2) is 40.3 Å². The summed E-state index contributed by atoms with van der Waals surface area (Å²) in [5.74, 6) is 0.647. The van der Waals surface area contributed by atoms with Gasteiger partial charge in [-0.25, -0.2) is 8.42 Å². The lowest BCUT2D eigenvalue weighted by molar-refractivity contribution is -0.120. The maximum atomic E-state index is 12.2. The first-order valence-corrected chi connectivity index (χ1v) is 9.89. The van der Waals surface area contributed by atoms with Crippen molar-refractivity contribution in [3.05, 3.63) is 54.1 Å². The molecule has 0 radical (unpaired) electrons. The first-order chi connectivity index (χ1) is 12.4. The molecular formula is C19H23NO5S. The lowest BCUT2D eigenvalue weighted by Gasteiger charge is -2.11. The van der Waals surface area contributed by atoms with Crippen LogP contribution in [-0.2, 0) is 14.6 Å². The number of para-hydroxylation sites is 2. The van der Waals surface area contributed by atoms with Crippen LogP contribution in [0.3, 0.4) is 0 Å². The van der Waals surface area contributed by atoms with E-state index in [2.05, 4.69) is 5.32 Å². The van der Waals surface area contributed by atoms with Gasteiger partial charge in [-0.3, -0.25) is 4.79 Å². The summed E-state index contributed by atoms with van der Waals surface area (Å²) in [6.07, 6.45) is -0.0924. The fraction of sp³-hybridized carbons (Fsp3) is 0.316. The standard InChI is InChI=1S/C19H23NO5S/c1-15-7-9-16(10-8-15)26(22,23)14-11-19(21)20-12-13-25-18-6-4-3-5-17(18)24-2/h3-10H,11-14H2,1-2H3,(H,20,21). The van der Waals surface area contributed by atoms with Crippen LogP contribution in [0.5, 0.6) is 11.5 Å². The van der Waals surface area contributed by atoms with Crippen molar-refractivity contribution in [2.24, 2.45) is 0 Å². The van der Waals surface area contributed by atoms with Gasteiger partial charge in [0.1, 0.15) is 6.61 Å². The summed E-state index contributed by atoms with van der Waals surface area (Å²) in [5.41, 5.74) is 0.983. The second-order valence-electron chi connectivity index (χ2n) is 5.73. The minimum Gasteiger partial charge on any atom is -0.493 e. The Morgan fingerprint density at radius 1 is 1.04 bits per heavy atom. The second-order valence-corrected chi connectivity index (χ2v) is 7.84. The topological polar surface area (TPSA) is 81.7 Å². The van der Waals surface area contributed by atoms with Gasteiger partial charge in [-0.2, -0.15) is 0 Å². The zero-order valence-corrected chi connectivity index (χ0v) is 15.7. The normalized spacial score (nSPS) is 11.0. The molecule has 0 aliphatic carbocycles. The van der Waals surface area contributed by atoms with Crippen LogP contribution in [0.15, 0.2) is 53.4 Å². The van der Waals surface area contributed by atoms with Crippen molar-refractivity contribution in [1.82, 2.24) is 5.32 Å². The molecule has 0 fully saturated rings. The van der Waals surface area contributed by atoms with Crippen molar-refractivity contribution in [3.63, 3.8) is 0 Å². The number of ether oxygens (including phenoxy) is 2. The summed E-state index contributed by atoms with van der Waals surface area (Å²) < 4.78 is 35.1. The highest BCUT2D eigenvalue weighted by atomic mass is 32.2. The van der Waals surface area contributed by atoms with Crippen molar-refractivity contribution in [1.29, 1.82) is 0 Å². The lowest BCUT2D eigenvalue weighted by atomic mass is 10.2. The zero-order valence-electron chi connectivity index (χ0n) is 14.9. The number of hydrogen-bond donors (Lipinski definition) is 1. The molecule has 140 valence electrons. The van der Waals surface area contributed by atoms with Crippen molar-refractivity contribution < 1.29 is 22.7 Å². The third kappa shape index (κ3) is 5.77. The SMILES string of the molecule is COc1ccccc1OCCNC(=O)CCS(=O)(=O)c1ccc(C)cc1. The van der Waals surface area contributed by atoms with E-state index in [1.807, 2.05) is 19.1 Å². The molecule has 0 unspecified atom stereocenters. The van der Waals surface area contributed by atoms with Gasteiger partial charge in [0.15, 0.2) is 21.3 Å². The van der Waals surface area contributed by atoms with Gasteiger partial charge >= 0.3 is 0 Å². The Balaban J connectivity index is 1.74. The van der Waals surface area contributed by atoms with Crippen LogP contribution in [0, 0.1) is 6.92 Å². The molecule has 2 aromatic rings. The molecule has 0 saturated carbocycles. The predicted octanol–water partition coefficient (Wildman–Crippen LogP) is 2.36. The lowest BCUT2D eigenvalue weighted by Crippen LogP contribution is -2.29. The van der Waals surface area contributed by atoms with Gasteiger partial charge in [-0.05, 0) is 31.2 Å². The second kappa shape index (κ2) is 9.24. The molecule has 0 saturated heterocycles. The molecule has 2 aromatic carbocycles. The number of benzene rings is 2. The third-order valence-electron chi connectivity index (χ3n) is 3.73. The van der Waals surface area contributed by atoms with Crippen LogP contribution < -0.4 is 14.8 Å². The molecular weight excluding hydrogens is 354 g/mol. The molecule has 0 aromatic heterocycles. The van der Waals surface area contributed by atoms with Crippen molar-refractivity contribution in [2.45, 2.75) is 18.2 Å². The molecule has 2 rings (SSSR count). The summed E-state index contributed by atoms with van der Waals surface area (Å²) in [7, 11) is -1.91. The number of aryl methyl sites for hydroxylation is 1. The number of sulfone groups is 1. The highest BCUT2D eigenvalue weighted by Gasteiger charge is 2.16. The van der Waals surface area contributed by atoms with Gasteiger partial charge in [0, 0.05) is 6.42 Å². The average molecular weight is 377 g/mol. The largest absolute Gasteiger partial charge is 0.493 e. The Morgan fingerprint density at radius 2 is 1.69 bits per heavy atom. The average Bonchev–Trinajstić information content (AvgIpc) is 2.64. The Morgan fingerprint density at radius 3 is 2.35 bits per heavy atom. The van der Waals surface area contributed by atoms with E-state index in [-0.39, 0.29) is 36.1 Å². The quantitative estimate of drug-likeness (QED) is 0.679.